The van der Waals surface area contributed by atoms with Crippen LogP contribution in [0.3, 0.4) is 0 Å². The van der Waals surface area contributed by atoms with E-state index in [4.69, 9.17) is 10.2 Å². The quantitative estimate of drug-likeness (QED) is 0.462. The van der Waals surface area contributed by atoms with Crippen molar-refractivity contribution >= 4 is 28.8 Å². The molecule has 0 aliphatic carbocycles. The van der Waals surface area contributed by atoms with Crippen LogP contribution in [0.2, 0.25) is 0 Å². The number of aliphatic hydroxyl groups is 2. The molecule has 4 N–H and O–H groups in total. The van der Waals surface area contributed by atoms with E-state index in [0.717, 1.165) is 0 Å². The largest absolute Gasteiger partial charge is 0.481 e. The molecule has 0 aliphatic heterocycles. The Kier molecular flexibility index (Phi) is 7.65. The topological polar surface area (TPSA) is 124 Å². The standard InChI is InChI=1S/C11H19NO6S/c1-11(2,6-13)9(17)10(18)12-4-3-8(16)19-5-7(14)15/h9,13,17H,3-6H2,1-2H3,(H,12,18)(H,14,15)/t9-/m0/s1. The Morgan fingerprint density at radius 2 is 1.89 bits per heavy atom. The van der Waals surface area contributed by atoms with E-state index in [1.54, 1.807) is 0 Å². The minimum Gasteiger partial charge on any atom is -0.481 e. The lowest BCUT2D eigenvalue weighted by atomic mass is 9.87. The molecule has 0 saturated heterocycles. The van der Waals surface area contributed by atoms with Crippen molar-refractivity contribution in [2.24, 2.45) is 5.41 Å². The van der Waals surface area contributed by atoms with Crippen molar-refractivity contribution in [2.45, 2.75) is 26.4 Å². The first kappa shape index (κ1) is 17.9. The summed E-state index contributed by atoms with van der Waals surface area (Å²) in [6, 6.07) is 0. The van der Waals surface area contributed by atoms with Crippen molar-refractivity contribution < 1.29 is 29.7 Å². The second kappa shape index (κ2) is 8.13. The maximum Gasteiger partial charge on any atom is 0.313 e. The summed E-state index contributed by atoms with van der Waals surface area (Å²) in [6.45, 7) is 2.73. The fourth-order valence-corrected chi connectivity index (χ4v) is 1.57. The first-order chi connectivity index (χ1) is 8.70. The average Bonchev–Trinajstić information content (AvgIpc) is 2.35. The van der Waals surface area contributed by atoms with Crippen LogP contribution in [0.15, 0.2) is 0 Å². The summed E-state index contributed by atoms with van der Waals surface area (Å²) in [5, 5.41) is 29.0. The number of carboxylic acids is 1. The van der Waals surface area contributed by atoms with Gasteiger partial charge in [0, 0.05) is 18.4 Å². The van der Waals surface area contributed by atoms with E-state index < -0.39 is 23.4 Å². The Bertz CT molecular complexity index is 344. The first-order valence-electron chi connectivity index (χ1n) is 5.64. The number of aliphatic hydroxyl groups excluding tert-OH is 2. The van der Waals surface area contributed by atoms with Gasteiger partial charge in [0.2, 0.25) is 5.91 Å². The molecule has 0 saturated carbocycles. The van der Waals surface area contributed by atoms with Gasteiger partial charge in [-0.3, -0.25) is 14.4 Å². The lowest BCUT2D eigenvalue weighted by molar-refractivity contribution is -0.137. The van der Waals surface area contributed by atoms with Crippen LogP contribution >= 0.6 is 11.8 Å². The molecule has 8 heteroatoms. The molecule has 0 fully saturated rings. The summed E-state index contributed by atoms with van der Waals surface area (Å²) in [5.74, 6) is -2.06. The Labute approximate surface area is 115 Å². The molecular weight excluding hydrogens is 274 g/mol. The highest BCUT2D eigenvalue weighted by atomic mass is 32.2. The van der Waals surface area contributed by atoms with E-state index in [2.05, 4.69) is 5.32 Å². The third-order valence-electron chi connectivity index (χ3n) is 2.38. The third kappa shape index (κ3) is 7.14. The number of nitrogens with one attached hydrogen (secondary N) is 1. The second-order valence-corrected chi connectivity index (χ2v) is 5.68. The molecule has 0 rings (SSSR count). The van der Waals surface area contributed by atoms with Gasteiger partial charge in [-0.25, -0.2) is 0 Å². The summed E-state index contributed by atoms with van der Waals surface area (Å²) < 4.78 is 0. The molecule has 0 radical (unpaired) electrons. The van der Waals surface area contributed by atoms with Gasteiger partial charge >= 0.3 is 5.97 Å². The van der Waals surface area contributed by atoms with Crippen LogP contribution in [0.4, 0.5) is 0 Å². The number of carbonyl (C=O) groups excluding carboxylic acids is 2. The van der Waals surface area contributed by atoms with E-state index >= 15 is 0 Å². The molecular formula is C11H19NO6S. The minimum atomic E-state index is -1.38. The molecule has 0 aromatic carbocycles. The molecule has 1 amide bonds. The van der Waals surface area contributed by atoms with Crippen LogP contribution in [0, 0.1) is 5.41 Å². The summed E-state index contributed by atoms with van der Waals surface area (Å²) in [6.07, 6.45) is -1.39. The number of carboxylic acid groups (broad SMARTS) is 1. The minimum absolute atomic E-state index is 0.0167. The summed E-state index contributed by atoms with van der Waals surface area (Å²) in [7, 11) is 0. The van der Waals surface area contributed by atoms with Crippen LogP contribution in [0.1, 0.15) is 20.3 Å². The molecule has 0 spiro atoms. The fourth-order valence-electron chi connectivity index (χ4n) is 1.04. The molecule has 0 heterocycles. The number of amides is 1. The van der Waals surface area contributed by atoms with E-state index in [9.17, 15) is 19.5 Å². The molecule has 0 aromatic rings. The summed E-state index contributed by atoms with van der Waals surface area (Å²) in [4.78, 5) is 32.9. The van der Waals surface area contributed by atoms with Gasteiger partial charge in [-0.15, -0.1) is 0 Å². The van der Waals surface area contributed by atoms with E-state index in [1.165, 1.54) is 13.8 Å². The van der Waals surface area contributed by atoms with E-state index in [-0.39, 0.29) is 30.4 Å². The molecule has 0 aromatic heterocycles. The van der Waals surface area contributed by atoms with Crippen LogP contribution in [-0.2, 0) is 14.4 Å². The zero-order valence-corrected chi connectivity index (χ0v) is 11.7. The van der Waals surface area contributed by atoms with Gasteiger partial charge in [0.1, 0.15) is 6.10 Å². The zero-order valence-electron chi connectivity index (χ0n) is 10.9. The van der Waals surface area contributed by atoms with E-state index in [1.807, 2.05) is 0 Å². The Morgan fingerprint density at radius 1 is 1.32 bits per heavy atom. The average molecular weight is 293 g/mol. The maximum atomic E-state index is 11.5. The van der Waals surface area contributed by atoms with Crippen LogP contribution in [0.25, 0.3) is 0 Å². The van der Waals surface area contributed by atoms with Crippen LogP contribution < -0.4 is 5.32 Å². The molecule has 1 atom stereocenters. The highest BCUT2D eigenvalue weighted by Crippen LogP contribution is 2.19. The van der Waals surface area contributed by atoms with Gasteiger partial charge in [-0.1, -0.05) is 25.6 Å². The zero-order chi connectivity index (χ0) is 15.1. The molecule has 110 valence electrons. The predicted molar refractivity (Wildman–Crippen MR) is 69.6 cm³/mol. The number of thioether (sulfide) groups is 1. The van der Waals surface area contributed by atoms with Gasteiger partial charge in [0.15, 0.2) is 5.12 Å². The monoisotopic (exact) mass is 293 g/mol. The molecule has 0 aliphatic rings. The molecule has 19 heavy (non-hydrogen) atoms. The van der Waals surface area contributed by atoms with Gasteiger partial charge in [-0.05, 0) is 0 Å². The smallest absolute Gasteiger partial charge is 0.313 e. The van der Waals surface area contributed by atoms with E-state index in [0.29, 0.717) is 11.8 Å². The molecule has 0 unspecified atom stereocenters. The highest BCUT2D eigenvalue weighted by molar-refractivity contribution is 8.14. The fraction of sp³-hybridized carbons (Fsp3) is 0.727. The Balaban J connectivity index is 3.98. The van der Waals surface area contributed by atoms with Gasteiger partial charge in [0.25, 0.3) is 0 Å². The molecule has 0 bridgehead atoms. The van der Waals surface area contributed by atoms with Crippen LogP contribution in [-0.4, -0.2) is 57.3 Å². The van der Waals surface area contributed by atoms with Gasteiger partial charge in [-0.2, -0.15) is 0 Å². The van der Waals surface area contributed by atoms with Crippen molar-refractivity contribution in [1.29, 1.82) is 0 Å². The molecule has 7 nitrogen and oxygen atoms in total. The second-order valence-electron chi connectivity index (χ2n) is 4.64. The number of hydrogen-bond donors (Lipinski definition) is 4. The third-order valence-corrected chi connectivity index (χ3v) is 3.30. The van der Waals surface area contributed by atoms with Crippen molar-refractivity contribution in [3.05, 3.63) is 0 Å². The normalized spacial score (nSPS) is 12.8. The van der Waals surface area contributed by atoms with Crippen LogP contribution in [0.5, 0.6) is 0 Å². The lowest BCUT2D eigenvalue weighted by Crippen LogP contribution is -2.45. The summed E-state index contributed by atoms with van der Waals surface area (Å²) >= 11 is 0.662. The Hall–Kier alpha value is -1.12. The number of rotatable bonds is 8. The maximum absolute atomic E-state index is 11.5. The highest BCUT2D eigenvalue weighted by Gasteiger charge is 2.32. The van der Waals surface area contributed by atoms with Gasteiger partial charge in [0.05, 0.1) is 12.4 Å². The SMILES string of the molecule is CC(C)(CO)[C@@H](O)C(=O)NCCC(=O)SCC(=O)O. The first-order valence-corrected chi connectivity index (χ1v) is 6.63. The summed E-state index contributed by atoms with van der Waals surface area (Å²) in [5.41, 5.74) is -0.966. The Morgan fingerprint density at radius 3 is 2.37 bits per heavy atom. The van der Waals surface area contributed by atoms with Crippen molar-refractivity contribution in [2.75, 3.05) is 18.9 Å². The van der Waals surface area contributed by atoms with Crippen molar-refractivity contribution in [3.8, 4) is 0 Å². The number of aliphatic carboxylic acids is 1. The van der Waals surface area contributed by atoms with Crippen molar-refractivity contribution in [1.82, 2.24) is 5.32 Å². The number of carbonyl (C=O) groups is 3. The van der Waals surface area contributed by atoms with Gasteiger partial charge < -0.3 is 20.6 Å². The predicted octanol–water partition coefficient (Wildman–Crippen LogP) is -0.783. The number of hydrogen-bond acceptors (Lipinski definition) is 6. The van der Waals surface area contributed by atoms with Crippen molar-refractivity contribution in [3.63, 3.8) is 0 Å². The lowest BCUT2D eigenvalue weighted by Gasteiger charge is -2.27.